The molecule has 0 saturated heterocycles. The lowest BCUT2D eigenvalue weighted by atomic mass is 9.86. The molecule has 1 aromatic rings. The molecule has 0 spiro atoms. The van der Waals surface area contributed by atoms with E-state index >= 15 is 0 Å². The number of benzene rings is 1. The summed E-state index contributed by atoms with van der Waals surface area (Å²) in [5.74, 6) is 0.754. The Balaban J connectivity index is 2.63. The standard InChI is InChI=1S/C13H21NO3S/c1-13(2,3)11-7-4-5-8-12(11)17-9-6-10-18(14,15)16/h4-5,7-8H,6,9-10H2,1-3H3,(H2,14,15,16). The molecule has 1 aromatic carbocycles. The molecule has 0 atom stereocenters. The number of hydrogen-bond acceptors (Lipinski definition) is 3. The van der Waals surface area contributed by atoms with Crippen LogP contribution >= 0.6 is 0 Å². The first-order chi connectivity index (χ1) is 8.20. The summed E-state index contributed by atoms with van der Waals surface area (Å²) in [6.07, 6.45) is 0.400. The summed E-state index contributed by atoms with van der Waals surface area (Å²) in [7, 11) is -3.40. The Bertz CT molecular complexity index is 489. The zero-order valence-corrected chi connectivity index (χ0v) is 12.0. The van der Waals surface area contributed by atoms with Crippen molar-refractivity contribution in [3.05, 3.63) is 29.8 Å². The van der Waals surface area contributed by atoms with Gasteiger partial charge in [-0.25, -0.2) is 13.6 Å². The number of sulfonamides is 1. The predicted octanol–water partition coefficient (Wildman–Crippen LogP) is 2.04. The molecule has 1 rings (SSSR count). The average molecular weight is 271 g/mol. The van der Waals surface area contributed by atoms with E-state index < -0.39 is 10.0 Å². The Morgan fingerprint density at radius 2 is 1.83 bits per heavy atom. The Labute approximate surface area is 109 Å². The van der Waals surface area contributed by atoms with Crippen LogP contribution in [0.25, 0.3) is 0 Å². The molecular weight excluding hydrogens is 250 g/mol. The molecule has 0 aromatic heterocycles. The van der Waals surface area contributed by atoms with Gasteiger partial charge in [0.25, 0.3) is 0 Å². The number of primary sulfonamides is 1. The highest BCUT2D eigenvalue weighted by atomic mass is 32.2. The largest absolute Gasteiger partial charge is 0.493 e. The fourth-order valence-electron chi connectivity index (χ4n) is 1.65. The molecule has 0 unspecified atom stereocenters. The molecule has 0 heterocycles. The Morgan fingerprint density at radius 1 is 1.22 bits per heavy atom. The van der Waals surface area contributed by atoms with E-state index in [2.05, 4.69) is 20.8 Å². The van der Waals surface area contributed by atoms with Crippen molar-refractivity contribution in [1.82, 2.24) is 0 Å². The summed E-state index contributed by atoms with van der Waals surface area (Å²) in [6, 6.07) is 7.80. The normalized spacial score (nSPS) is 12.4. The summed E-state index contributed by atoms with van der Waals surface area (Å²) >= 11 is 0. The lowest BCUT2D eigenvalue weighted by Gasteiger charge is -2.22. The first-order valence-electron chi connectivity index (χ1n) is 5.93. The molecule has 18 heavy (non-hydrogen) atoms. The van der Waals surface area contributed by atoms with Gasteiger partial charge in [0.15, 0.2) is 0 Å². The van der Waals surface area contributed by atoms with Crippen molar-refractivity contribution in [3.8, 4) is 5.75 Å². The lowest BCUT2D eigenvalue weighted by Crippen LogP contribution is -2.19. The molecule has 4 nitrogen and oxygen atoms in total. The lowest BCUT2D eigenvalue weighted by molar-refractivity contribution is 0.309. The van der Waals surface area contributed by atoms with Gasteiger partial charge in [0.1, 0.15) is 5.75 Å². The Morgan fingerprint density at radius 3 is 2.39 bits per heavy atom. The van der Waals surface area contributed by atoms with E-state index in [9.17, 15) is 8.42 Å². The van der Waals surface area contributed by atoms with E-state index in [1.165, 1.54) is 0 Å². The maximum atomic E-state index is 10.8. The zero-order chi connectivity index (χ0) is 13.8. The zero-order valence-electron chi connectivity index (χ0n) is 11.1. The minimum Gasteiger partial charge on any atom is -0.493 e. The van der Waals surface area contributed by atoms with E-state index in [1.54, 1.807) is 0 Å². The molecule has 0 fully saturated rings. The second kappa shape index (κ2) is 5.71. The van der Waals surface area contributed by atoms with Gasteiger partial charge >= 0.3 is 0 Å². The second-order valence-electron chi connectivity index (χ2n) is 5.32. The maximum Gasteiger partial charge on any atom is 0.209 e. The van der Waals surface area contributed by atoms with Gasteiger partial charge in [-0.15, -0.1) is 0 Å². The summed E-state index contributed by atoms with van der Waals surface area (Å²) in [5.41, 5.74) is 1.11. The third-order valence-corrected chi connectivity index (χ3v) is 3.38. The molecule has 0 saturated carbocycles. The van der Waals surface area contributed by atoms with Gasteiger partial charge in [-0.1, -0.05) is 39.0 Å². The van der Waals surface area contributed by atoms with Crippen LogP contribution in [0, 0.1) is 0 Å². The average Bonchev–Trinajstić information content (AvgIpc) is 2.22. The highest BCUT2D eigenvalue weighted by Gasteiger charge is 2.18. The molecule has 0 amide bonds. The van der Waals surface area contributed by atoms with Gasteiger partial charge < -0.3 is 4.74 Å². The molecule has 0 aliphatic carbocycles. The molecule has 102 valence electrons. The van der Waals surface area contributed by atoms with Gasteiger partial charge in [0.2, 0.25) is 10.0 Å². The molecule has 2 N–H and O–H groups in total. The SMILES string of the molecule is CC(C)(C)c1ccccc1OCCCS(N)(=O)=O. The second-order valence-corrected chi connectivity index (χ2v) is 7.05. The Hall–Kier alpha value is -1.07. The number of ether oxygens (including phenoxy) is 1. The predicted molar refractivity (Wildman–Crippen MR) is 73.2 cm³/mol. The highest BCUT2D eigenvalue weighted by molar-refractivity contribution is 7.89. The monoisotopic (exact) mass is 271 g/mol. The van der Waals surface area contributed by atoms with Gasteiger partial charge in [-0.05, 0) is 23.5 Å². The number of hydrogen-bond donors (Lipinski definition) is 1. The van der Waals surface area contributed by atoms with Gasteiger partial charge in [-0.3, -0.25) is 0 Å². The third kappa shape index (κ3) is 5.06. The van der Waals surface area contributed by atoms with E-state index in [-0.39, 0.29) is 11.2 Å². The van der Waals surface area contributed by atoms with Crippen molar-refractivity contribution in [2.24, 2.45) is 5.14 Å². The van der Waals surface area contributed by atoms with Crippen molar-refractivity contribution in [2.45, 2.75) is 32.6 Å². The number of nitrogens with two attached hydrogens (primary N) is 1. The van der Waals surface area contributed by atoms with Crippen LogP contribution in [0.3, 0.4) is 0 Å². The molecular formula is C13H21NO3S. The number of para-hydroxylation sites is 1. The molecule has 5 heteroatoms. The minimum atomic E-state index is -3.40. The Kier molecular flexibility index (Phi) is 4.76. The van der Waals surface area contributed by atoms with Gasteiger partial charge in [0, 0.05) is 0 Å². The van der Waals surface area contributed by atoms with Crippen LogP contribution < -0.4 is 9.88 Å². The first kappa shape index (κ1) is 15.0. The first-order valence-corrected chi connectivity index (χ1v) is 7.64. The molecule has 0 aliphatic heterocycles. The van der Waals surface area contributed by atoms with Crippen LogP contribution in [0.5, 0.6) is 5.75 Å². The maximum absolute atomic E-state index is 10.8. The van der Waals surface area contributed by atoms with Crippen LogP contribution in [0.2, 0.25) is 0 Å². The third-order valence-electron chi connectivity index (χ3n) is 2.53. The minimum absolute atomic E-state index is 0.00344. The van der Waals surface area contributed by atoms with Crippen LogP contribution in [0.4, 0.5) is 0 Å². The van der Waals surface area contributed by atoms with E-state index in [4.69, 9.17) is 9.88 Å². The topological polar surface area (TPSA) is 69.4 Å². The quantitative estimate of drug-likeness (QED) is 0.833. The van der Waals surface area contributed by atoms with Crippen molar-refractivity contribution < 1.29 is 13.2 Å². The van der Waals surface area contributed by atoms with Crippen molar-refractivity contribution in [2.75, 3.05) is 12.4 Å². The van der Waals surface area contributed by atoms with E-state index in [0.717, 1.165) is 11.3 Å². The van der Waals surface area contributed by atoms with Crippen LogP contribution in [0.1, 0.15) is 32.8 Å². The van der Waals surface area contributed by atoms with Crippen LogP contribution in [-0.2, 0) is 15.4 Å². The van der Waals surface area contributed by atoms with Crippen LogP contribution in [-0.4, -0.2) is 20.8 Å². The van der Waals surface area contributed by atoms with Gasteiger partial charge in [-0.2, -0.15) is 0 Å². The smallest absolute Gasteiger partial charge is 0.209 e. The molecule has 0 aliphatic rings. The summed E-state index contributed by atoms with van der Waals surface area (Å²) in [5, 5.41) is 4.93. The van der Waals surface area contributed by atoms with Crippen molar-refractivity contribution in [3.63, 3.8) is 0 Å². The van der Waals surface area contributed by atoms with Crippen LogP contribution in [0.15, 0.2) is 24.3 Å². The summed E-state index contributed by atoms with van der Waals surface area (Å²) in [6.45, 7) is 6.68. The molecule has 0 bridgehead atoms. The highest BCUT2D eigenvalue weighted by Crippen LogP contribution is 2.30. The number of rotatable bonds is 5. The summed E-state index contributed by atoms with van der Waals surface area (Å²) in [4.78, 5) is 0. The fourth-order valence-corrected chi connectivity index (χ4v) is 2.17. The van der Waals surface area contributed by atoms with E-state index in [1.807, 2.05) is 24.3 Å². The van der Waals surface area contributed by atoms with Crippen molar-refractivity contribution in [1.29, 1.82) is 0 Å². The van der Waals surface area contributed by atoms with Gasteiger partial charge in [0.05, 0.1) is 12.4 Å². The fraction of sp³-hybridized carbons (Fsp3) is 0.538. The van der Waals surface area contributed by atoms with E-state index in [0.29, 0.717) is 13.0 Å². The molecule has 0 radical (unpaired) electrons. The summed E-state index contributed by atoms with van der Waals surface area (Å²) < 4.78 is 27.2. The van der Waals surface area contributed by atoms with Crippen molar-refractivity contribution >= 4 is 10.0 Å².